The SMILES string of the molecule is CC(C)(C)OC(=O)N1[C@@H](CC2CCCCC2)[C@H](CC2S(=O)CCCS2=O)OC1(C)C. The first-order chi connectivity index (χ1) is 14.0. The number of ether oxygens (including phenoxy) is 2. The van der Waals surface area contributed by atoms with Crippen LogP contribution in [0.5, 0.6) is 0 Å². The summed E-state index contributed by atoms with van der Waals surface area (Å²) in [4.78, 5) is 15.0. The summed E-state index contributed by atoms with van der Waals surface area (Å²) in [5.74, 6) is 1.77. The van der Waals surface area contributed by atoms with Gasteiger partial charge in [0.05, 0.1) is 12.1 Å². The van der Waals surface area contributed by atoms with Gasteiger partial charge in [-0.1, -0.05) is 32.1 Å². The Morgan fingerprint density at radius 3 is 2.20 bits per heavy atom. The van der Waals surface area contributed by atoms with E-state index in [-0.39, 0.29) is 22.8 Å². The molecule has 2 saturated heterocycles. The van der Waals surface area contributed by atoms with E-state index in [1.54, 1.807) is 4.90 Å². The first-order valence-electron chi connectivity index (χ1n) is 11.4. The number of carbonyl (C=O) groups excluding carboxylic acids is 1. The Kier molecular flexibility index (Phi) is 7.71. The lowest BCUT2D eigenvalue weighted by Crippen LogP contribution is -2.51. The maximum absolute atomic E-state index is 13.2. The van der Waals surface area contributed by atoms with Gasteiger partial charge in [-0.05, 0) is 53.4 Å². The second kappa shape index (κ2) is 9.57. The van der Waals surface area contributed by atoms with E-state index in [4.69, 9.17) is 9.47 Å². The summed E-state index contributed by atoms with van der Waals surface area (Å²) in [5, 5.41) is 0. The quantitative estimate of drug-likeness (QED) is 0.624. The third-order valence-corrected chi connectivity index (χ3v) is 10.6. The van der Waals surface area contributed by atoms with Crippen molar-refractivity contribution in [3.8, 4) is 0 Å². The van der Waals surface area contributed by atoms with Crippen molar-refractivity contribution in [1.29, 1.82) is 0 Å². The fourth-order valence-corrected chi connectivity index (χ4v) is 9.00. The third-order valence-electron chi connectivity index (χ3n) is 6.37. The number of hydrogen-bond donors (Lipinski definition) is 0. The van der Waals surface area contributed by atoms with Gasteiger partial charge in [0, 0.05) is 39.5 Å². The summed E-state index contributed by atoms with van der Waals surface area (Å²) in [6.45, 7) is 9.42. The fraction of sp³-hybridized carbons (Fsp3) is 0.955. The molecule has 2 heterocycles. The fourth-order valence-electron chi connectivity index (χ4n) is 5.09. The van der Waals surface area contributed by atoms with Crippen LogP contribution in [0.25, 0.3) is 0 Å². The van der Waals surface area contributed by atoms with Gasteiger partial charge in [0.2, 0.25) is 0 Å². The van der Waals surface area contributed by atoms with Crippen molar-refractivity contribution in [2.24, 2.45) is 5.92 Å². The summed E-state index contributed by atoms with van der Waals surface area (Å²) in [7, 11) is -2.21. The van der Waals surface area contributed by atoms with Gasteiger partial charge in [-0.2, -0.15) is 0 Å². The van der Waals surface area contributed by atoms with Crippen molar-refractivity contribution in [2.45, 2.75) is 114 Å². The van der Waals surface area contributed by atoms with Crippen LogP contribution in [0.4, 0.5) is 4.79 Å². The van der Waals surface area contributed by atoms with Crippen LogP contribution in [-0.4, -0.2) is 59.0 Å². The first-order valence-corrected chi connectivity index (χ1v) is 14.2. The zero-order valence-corrected chi connectivity index (χ0v) is 20.8. The normalized spacial score (nSPS) is 35.4. The summed E-state index contributed by atoms with van der Waals surface area (Å²) in [6, 6.07) is -0.145. The maximum Gasteiger partial charge on any atom is 0.412 e. The lowest BCUT2D eigenvalue weighted by Gasteiger charge is -2.37. The molecule has 2 unspecified atom stereocenters. The molecule has 1 aliphatic carbocycles. The van der Waals surface area contributed by atoms with Gasteiger partial charge in [0.15, 0.2) is 0 Å². The molecule has 1 amide bonds. The zero-order valence-electron chi connectivity index (χ0n) is 19.2. The highest BCUT2D eigenvalue weighted by Crippen LogP contribution is 2.41. The van der Waals surface area contributed by atoms with E-state index in [9.17, 15) is 13.2 Å². The average molecular weight is 462 g/mol. The van der Waals surface area contributed by atoms with E-state index in [0.717, 1.165) is 12.8 Å². The van der Waals surface area contributed by atoms with Gasteiger partial charge >= 0.3 is 6.09 Å². The molecule has 0 spiro atoms. The van der Waals surface area contributed by atoms with Gasteiger partial charge in [0.1, 0.15) is 15.9 Å². The van der Waals surface area contributed by atoms with Gasteiger partial charge in [-0.15, -0.1) is 0 Å². The molecule has 6 nitrogen and oxygen atoms in total. The molecule has 4 atom stereocenters. The van der Waals surface area contributed by atoms with Crippen LogP contribution in [0.15, 0.2) is 0 Å². The molecule has 3 aliphatic rings. The molecule has 3 fully saturated rings. The van der Waals surface area contributed by atoms with Crippen LogP contribution >= 0.6 is 0 Å². The van der Waals surface area contributed by atoms with Crippen LogP contribution in [0.2, 0.25) is 0 Å². The summed E-state index contributed by atoms with van der Waals surface area (Å²) >= 11 is 0. The van der Waals surface area contributed by atoms with Crippen molar-refractivity contribution < 1.29 is 22.7 Å². The van der Waals surface area contributed by atoms with Crippen molar-refractivity contribution >= 4 is 27.7 Å². The summed E-state index contributed by atoms with van der Waals surface area (Å²) < 4.78 is 37.0. The molecule has 2 aliphatic heterocycles. The lowest BCUT2D eigenvalue weighted by molar-refractivity contribution is -0.0794. The zero-order chi connectivity index (χ0) is 22.1. The van der Waals surface area contributed by atoms with Crippen molar-refractivity contribution in [2.75, 3.05) is 11.5 Å². The predicted molar refractivity (Wildman–Crippen MR) is 121 cm³/mol. The Bertz CT molecular complexity index is 653. The highest BCUT2D eigenvalue weighted by Gasteiger charge is 2.52. The Balaban J connectivity index is 1.84. The van der Waals surface area contributed by atoms with Crippen molar-refractivity contribution in [3.05, 3.63) is 0 Å². The first kappa shape index (κ1) is 24.2. The number of hydrogen-bond acceptors (Lipinski definition) is 5. The van der Waals surface area contributed by atoms with E-state index in [0.29, 0.717) is 23.8 Å². The minimum absolute atomic E-state index is 0.145. The average Bonchev–Trinajstić information content (AvgIpc) is 2.87. The van der Waals surface area contributed by atoms with Gasteiger partial charge in [-0.3, -0.25) is 13.3 Å². The molecular weight excluding hydrogens is 422 g/mol. The van der Waals surface area contributed by atoms with E-state index in [1.165, 1.54) is 32.1 Å². The lowest BCUT2D eigenvalue weighted by atomic mass is 9.83. The van der Waals surface area contributed by atoms with Gasteiger partial charge in [0.25, 0.3) is 0 Å². The van der Waals surface area contributed by atoms with Crippen molar-refractivity contribution in [3.63, 3.8) is 0 Å². The van der Waals surface area contributed by atoms with E-state index < -0.39 is 32.9 Å². The summed E-state index contributed by atoms with van der Waals surface area (Å²) in [5.41, 5.74) is -1.41. The van der Waals surface area contributed by atoms with Crippen LogP contribution in [-0.2, 0) is 31.1 Å². The van der Waals surface area contributed by atoms with E-state index >= 15 is 0 Å². The molecule has 0 aromatic carbocycles. The van der Waals surface area contributed by atoms with Crippen LogP contribution in [0.1, 0.15) is 86.0 Å². The van der Waals surface area contributed by atoms with Crippen LogP contribution < -0.4 is 0 Å². The van der Waals surface area contributed by atoms with Gasteiger partial charge < -0.3 is 9.47 Å². The van der Waals surface area contributed by atoms with Crippen molar-refractivity contribution in [1.82, 2.24) is 4.90 Å². The number of nitrogens with zero attached hydrogens (tertiary/aromatic N) is 1. The molecule has 1 saturated carbocycles. The number of carbonyl (C=O) groups is 1. The van der Waals surface area contributed by atoms with Crippen LogP contribution in [0.3, 0.4) is 0 Å². The highest BCUT2D eigenvalue weighted by molar-refractivity contribution is 8.03. The minimum Gasteiger partial charge on any atom is -0.444 e. The molecular formula is C22H39NO5S2. The molecule has 0 aromatic rings. The molecule has 0 bridgehead atoms. The second-order valence-corrected chi connectivity index (χ2v) is 14.2. The highest BCUT2D eigenvalue weighted by atomic mass is 32.2. The molecule has 30 heavy (non-hydrogen) atoms. The Morgan fingerprint density at radius 2 is 1.63 bits per heavy atom. The molecule has 8 heteroatoms. The molecule has 3 rings (SSSR count). The smallest absolute Gasteiger partial charge is 0.412 e. The molecule has 0 radical (unpaired) electrons. The molecule has 174 valence electrons. The Hall–Kier alpha value is -0.470. The number of amides is 1. The maximum atomic E-state index is 13.2. The van der Waals surface area contributed by atoms with Gasteiger partial charge in [-0.25, -0.2) is 4.79 Å². The minimum atomic E-state index is -1.10. The predicted octanol–water partition coefficient (Wildman–Crippen LogP) is 4.31. The molecule has 0 N–H and O–H groups in total. The van der Waals surface area contributed by atoms with Crippen LogP contribution in [0, 0.1) is 5.92 Å². The monoisotopic (exact) mass is 461 g/mol. The summed E-state index contributed by atoms with van der Waals surface area (Å²) in [6.07, 6.45) is 7.54. The topological polar surface area (TPSA) is 72.9 Å². The largest absolute Gasteiger partial charge is 0.444 e. The molecule has 0 aromatic heterocycles. The standard InChI is InChI=1S/C22H39NO5S2/c1-21(2,3)28-20(24)23-17(14-16-10-7-6-8-11-16)18(27-22(23,4)5)15-19-29(25)12-9-13-30(19)26/h16-19H,6-15H2,1-5H3/t17-,18-,19?,29?,30?/m0/s1. The van der Waals surface area contributed by atoms with E-state index in [1.807, 2.05) is 34.6 Å². The Labute approximate surface area is 186 Å². The second-order valence-electron chi connectivity index (χ2n) is 10.4. The third kappa shape index (κ3) is 5.85. The van der Waals surface area contributed by atoms with E-state index in [2.05, 4.69) is 0 Å². The number of rotatable bonds is 4. The Morgan fingerprint density at radius 1 is 1.03 bits per heavy atom.